The fourth-order valence-corrected chi connectivity index (χ4v) is 6.18. The van der Waals surface area contributed by atoms with Crippen molar-refractivity contribution < 1.29 is 48.2 Å². The van der Waals surface area contributed by atoms with Gasteiger partial charge in [0.25, 0.3) is 0 Å². The van der Waals surface area contributed by atoms with E-state index in [0.29, 0.717) is 27.9 Å². The molecule has 0 radical (unpaired) electrons. The van der Waals surface area contributed by atoms with Gasteiger partial charge < -0.3 is 15.0 Å². The van der Waals surface area contributed by atoms with E-state index in [-0.39, 0.29) is 33.8 Å². The molecule has 0 saturated carbocycles. The van der Waals surface area contributed by atoms with Crippen molar-refractivity contribution in [2.75, 3.05) is 0 Å². The number of rotatable bonds is 3. The van der Waals surface area contributed by atoms with Crippen molar-refractivity contribution in [3.8, 4) is 33.4 Å². The van der Waals surface area contributed by atoms with Crippen LogP contribution in [0.25, 0.3) is 78.6 Å². The zero-order valence-electron chi connectivity index (χ0n) is 25.8. The van der Waals surface area contributed by atoms with Crippen molar-refractivity contribution >= 4 is 45.3 Å². The maximum absolute atomic E-state index is 15.6. The fraction of sp³-hybridized carbons (Fsp3) is 0.0541. The van der Waals surface area contributed by atoms with E-state index >= 15 is 8.78 Å². The third-order valence-corrected chi connectivity index (χ3v) is 8.57. The molecule has 8 bridgehead atoms. The summed E-state index contributed by atoms with van der Waals surface area (Å²) < 4.78 is 78.7. The molecule has 7 heterocycles. The van der Waals surface area contributed by atoms with Gasteiger partial charge in [-0.2, -0.15) is 0 Å². The molecule has 0 fully saturated rings. The normalized spacial score (nSPS) is 11.7. The molecule has 7 aromatic rings. The third kappa shape index (κ3) is 5.29. The van der Waals surface area contributed by atoms with Gasteiger partial charge in [0.05, 0.1) is 28.0 Å². The molecular formula is C37H25F5MnN6+5. The van der Waals surface area contributed by atoms with Gasteiger partial charge in [-0.25, -0.2) is 36.1 Å². The number of aryl methyl sites for hydroxylation is 2. The summed E-state index contributed by atoms with van der Waals surface area (Å²) in [5, 5.41) is 0. The molecule has 6 aromatic heterocycles. The number of nitrogens with zero attached hydrogens (tertiary/aromatic N) is 3. The number of halogens is 5. The Morgan fingerprint density at radius 1 is 0.429 bits per heavy atom. The van der Waals surface area contributed by atoms with Gasteiger partial charge in [-0.3, -0.25) is 0 Å². The molecule has 1 aliphatic heterocycles. The van der Waals surface area contributed by atoms with E-state index in [1.807, 2.05) is 96.5 Å². The molecule has 1 aromatic carbocycles. The van der Waals surface area contributed by atoms with E-state index in [4.69, 9.17) is 4.98 Å². The molecule has 3 N–H and O–H groups in total. The Hall–Kier alpha value is -5.58. The Labute approximate surface area is 286 Å². The number of hydrogen-bond acceptors (Lipinski definition) is 1. The standard InChI is InChI=1S/C37H23F5N6.Mn/c1-47-15-11-19(12-16-47)29-23-5-3-21(43-23)22-4-6-24(44-22)30(20-13-17-48(2)18-14-20)26-8-10-28(46-26)31(27-9-7-25(29)45-27)32-33(38)35(40)37(42)36(41)34(32)39;/h3-18H,1-2H3,(H,45,46);/q;+3/p+2. The number of aromatic nitrogens is 6. The second kappa shape index (κ2) is 12.1. The molecule has 0 atom stereocenters. The second-order valence-electron chi connectivity index (χ2n) is 11.6. The minimum absolute atomic E-state index is 0. The van der Waals surface area contributed by atoms with Crippen LogP contribution in [0.3, 0.4) is 0 Å². The SMILES string of the molecule is C[n+]1ccc(-c2c3nc(c(-c4c(F)c(F)c(F)c(F)c4F)c4ccc([nH]4)c(-c4cc[n+](C)cc4)c4ccc([nH]4)c4ccc2[nH]4)C=C3)cc1.[Mn+3]. The number of hydrogen-bond donors (Lipinski definition) is 3. The summed E-state index contributed by atoms with van der Waals surface area (Å²) in [6.45, 7) is 0. The van der Waals surface area contributed by atoms with E-state index in [1.54, 1.807) is 18.2 Å². The van der Waals surface area contributed by atoms with Gasteiger partial charge in [0.15, 0.2) is 48.1 Å². The molecule has 0 aliphatic carbocycles. The quantitative estimate of drug-likeness (QED) is 0.0564. The van der Waals surface area contributed by atoms with Crippen LogP contribution < -0.4 is 9.13 Å². The summed E-state index contributed by atoms with van der Waals surface area (Å²) in [6.07, 6.45) is 10.7. The Balaban J connectivity index is 0.00000378. The number of pyridine rings is 2. The van der Waals surface area contributed by atoms with Gasteiger partial charge in [0.1, 0.15) is 14.1 Å². The Morgan fingerprint density at radius 2 is 0.776 bits per heavy atom. The van der Waals surface area contributed by atoms with E-state index in [1.165, 1.54) is 6.08 Å². The van der Waals surface area contributed by atoms with Crippen molar-refractivity contribution in [2.24, 2.45) is 14.1 Å². The molecule has 0 spiro atoms. The maximum Gasteiger partial charge on any atom is 3.00 e. The average molecular weight is 704 g/mol. The minimum atomic E-state index is -2.24. The summed E-state index contributed by atoms with van der Waals surface area (Å²) in [5.74, 6) is -10.2. The second-order valence-corrected chi connectivity index (χ2v) is 11.6. The van der Waals surface area contributed by atoms with Crippen LogP contribution in [0, 0.1) is 29.1 Å². The minimum Gasteiger partial charge on any atom is -0.354 e. The molecule has 6 nitrogen and oxygen atoms in total. The topological polar surface area (TPSA) is 68.0 Å². The summed E-state index contributed by atoms with van der Waals surface area (Å²) in [5.41, 5.74) is 5.72. The molecule has 8 rings (SSSR count). The van der Waals surface area contributed by atoms with Crippen LogP contribution in [-0.2, 0) is 31.2 Å². The number of H-pyrrole nitrogens is 3. The molecule has 1 aliphatic rings. The molecular weight excluding hydrogens is 678 g/mol. The van der Waals surface area contributed by atoms with Crippen LogP contribution in [0.1, 0.15) is 11.4 Å². The number of benzene rings is 1. The van der Waals surface area contributed by atoms with Crippen LogP contribution in [0.5, 0.6) is 0 Å². The Kier molecular flexibility index (Phi) is 7.93. The summed E-state index contributed by atoms with van der Waals surface area (Å²) >= 11 is 0. The predicted octanol–water partition coefficient (Wildman–Crippen LogP) is 8.04. The maximum atomic E-state index is 15.6. The van der Waals surface area contributed by atoms with E-state index in [9.17, 15) is 13.2 Å². The molecule has 12 heteroatoms. The van der Waals surface area contributed by atoms with E-state index < -0.39 is 34.6 Å². The number of fused-ring (bicyclic) bond motifs is 9. The van der Waals surface area contributed by atoms with E-state index in [2.05, 4.69) is 15.0 Å². The van der Waals surface area contributed by atoms with Crippen molar-refractivity contribution in [2.45, 2.75) is 0 Å². The van der Waals surface area contributed by atoms with Crippen LogP contribution in [-0.4, -0.2) is 19.9 Å². The summed E-state index contributed by atoms with van der Waals surface area (Å²) in [7, 11) is 3.77. The summed E-state index contributed by atoms with van der Waals surface area (Å²) in [6, 6.07) is 18.6. The van der Waals surface area contributed by atoms with Crippen LogP contribution in [0.4, 0.5) is 22.0 Å². The van der Waals surface area contributed by atoms with Gasteiger partial charge >= 0.3 is 17.1 Å². The monoisotopic (exact) mass is 703 g/mol. The first kappa shape index (κ1) is 32.0. The molecule has 49 heavy (non-hydrogen) atoms. The zero-order chi connectivity index (χ0) is 33.3. The first-order valence-corrected chi connectivity index (χ1v) is 15.0. The smallest absolute Gasteiger partial charge is 0.354 e. The Bertz CT molecular complexity index is 2560. The van der Waals surface area contributed by atoms with Gasteiger partial charge in [-0.1, -0.05) is 0 Å². The largest absolute Gasteiger partial charge is 3.00 e. The van der Waals surface area contributed by atoms with Crippen molar-refractivity contribution in [1.82, 2.24) is 19.9 Å². The predicted molar refractivity (Wildman–Crippen MR) is 174 cm³/mol. The van der Waals surface area contributed by atoms with Gasteiger partial charge in [-0.05, 0) is 59.7 Å². The average Bonchev–Trinajstić information content (AvgIpc) is 3.92. The zero-order valence-corrected chi connectivity index (χ0v) is 27.0. The molecule has 0 saturated heterocycles. The van der Waals surface area contributed by atoms with Crippen LogP contribution in [0.15, 0.2) is 85.5 Å². The van der Waals surface area contributed by atoms with Gasteiger partial charge in [-0.15, -0.1) is 0 Å². The Morgan fingerprint density at radius 3 is 1.27 bits per heavy atom. The summed E-state index contributed by atoms with van der Waals surface area (Å²) in [4.78, 5) is 15.0. The molecule has 0 amide bonds. The number of aromatic amines is 3. The first-order valence-electron chi connectivity index (χ1n) is 15.0. The third-order valence-electron chi connectivity index (χ3n) is 8.57. The first-order chi connectivity index (χ1) is 23.2. The van der Waals surface area contributed by atoms with Gasteiger partial charge in [0.2, 0.25) is 5.82 Å². The van der Waals surface area contributed by atoms with Crippen LogP contribution in [0.2, 0.25) is 0 Å². The van der Waals surface area contributed by atoms with E-state index in [0.717, 1.165) is 27.7 Å². The fourth-order valence-electron chi connectivity index (χ4n) is 6.18. The molecule has 240 valence electrons. The van der Waals surface area contributed by atoms with Gasteiger partial charge in [0, 0.05) is 63.0 Å². The van der Waals surface area contributed by atoms with Crippen LogP contribution >= 0.6 is 0 Å². The van der Waals surface area contributed by atoms with Crippen molar-refractivity contribution in [3.05, 3.63) is 126 Å². The van der Waals surface area contributed by atoms with Crippen molar-refractivity contribution in [3.63, 3.8) is 0 Å². The number of nitrogens with one attached hydrogen (secondary N) is 3. The molecule has 0 unspecified atom stereocenters. The van der Waals surface area contributed by atoms with Crippen molar-refractivity contribution in [1.29, 1.82) is 0 Å².